The summed E-state index contributed by atoms with van der Waals surface area (Å²) < 4.78 is 0. The average Bonchev–Trinajstić information content (AvgIpc) is 1.97. The molecule has 0 bridgehead atoms. The molecule has 0 aromatic heterocycles. The average molecular weight is 136 g/mol. The summed E-state index contributed by atoms with van der Waals surface area (Å²) in [5, 5.41) is 0. The van der Waals surface area contributed by atoms with Gasteiger partial charge in [0.15, 0.2) is 5.78 Å². The lowest BCUT2D eigenvalue weighted by atomic mass is 10.2. The van der Waals surface area contributed by atoms with Crippen LogP contribution < -0.4 is 0 Å². The second-order valence-electron chi connectivity index (χ2n) is 2.04. The van der Waals surface area contributed by atoms with Gasteiger partial charge in [-0.3, -0.25) is 4.79 Å². The Labute approximate surface area is 61.8 Å². The predicted octanol–water partition coefficient (Wildman–Crippen LogP) is 2.24. The molecule has 0 aromatic carbocycles. The minimum atomic E-state index is 0.109. The summed E-state index contributed by atoms with van der Waals surface area (Å²) in [4.78, 5) is 10.8. The summed E-state index contributed by atoms with van der Waals surface area (Å²) in [6.45, 7) is 5.35. The van der Waals surface area contributed by atoms with Crippen molar-refractivity contribution >= 4 is 5.78 Å². The van der Waals surface area contributed by atoms with E-state index in [1.54, 1.807) is 0 Å². The SMILES string of the molecule is C=C=C=CC(=O)CCCC. The van der Waals surface area contributed by atoms with Gasteiger partial charge in [0.25, 0.3) is 0 Å². The fourth-order valence-corrected chi connectivity index (χ4v) is 0.555. The Kier molecular flexibility index (Phi) is 5.47. The molecule has 0 aliphatic carbocycles. The van der Waals surface area contributed by atoms with Gasteiger partial charge in [-0.15, -0.1) is 0 Å². The van der Waals surface area contributed by atoms with E-state index in [0.29, 0.717) is 6.42 Å². The van der Waals surface area contributed by atoms with E-state index in [0.717, 1.165) is 12.8 Å². The monoisotopic (exact) mass is 136 g/mol. The van der Waals surface area contributed by atoms with E-state index in [1.807, 2.05) is 0 Å². The van der Waals surface area contributed by atoms with Gasteiger partial charge in [-0.05, 0) is 13.0 Å². The minimum Gasteiger partial charge on any atom is -0.294 e. The first-order valence-electron chi connectivity index (χ1n) is 3.45. The van der Waals surface area contributed by atoms with Gasteiger partial charge in [0.05, 0.1) is 0 Å². The summed E-state index contributed by atoms with van der Waals surface area (Å²) in [6, 6.07) is 0. The van der Waals surface area contributed by atoms with Crippen molar-refractivity contribution < 1.29 is 4.79 Å². The van der Waals surface area contributed by atoms with Gasteiger partial charge in [-0.25, -0.2) is 0 Å². The number of carbonyl (C=O) groups is 1. The van der Waals surface area contributed by atoms with Gasteiger partial charge in [-0.2, -0.15) is 0 Å². The summed E-state index contributed by atoms with van der Waals surface area (Å²) in [7, 11) is 0. The standard InChI is InChI=1S/C9H12O/c1-3-5-7-9(10)8-6-4-2/h7H,1,4,6,8H2,2H3. The first-order valence-corrected chi connectivity index (χ1v) is 3.45. The summed E-state index contributed by atoms with van der Waals surface area (Å²) in [6.07, 6.45) is 4.01. The van der Waals surface area contributed by atoms with E-state index in [4.69, 9.17) is 0 Å². The molecular weight excluding hydrogens is 124 g/mol. The van der Waals surface area contributed by atoms with Crippen LogP contribution in [0.5, 0.6) is 0 Å². The Morgan fingerprint density at radius 3 is 2.90 bits per heavy atom. The summed E-state index contributed by atoms with van der Waals surface area (Å²) >= 11 is 0. The van der Waals surface area contributed by atoms with E-state index < -0.39 is 0 Å². The molecule has 0 saturated carbocycles. The third-order valence-corrected chi connectivity index (χ3v) is 1.11. The second kappa shape index (κ2) is 6.10. The molecule has 0 aromatic rings. The molecule has 10 heavy (non-hydrogen) atoms. The van der Waals surface area contributed by atoms with E-state index in [2.05, 4.69) is 25.0 Å². The second-order valence-corrected chi connectivity index (χ2v) is 2.04. The molecule has 0 unspecified atom stereocenters. The molecule has 1 heteroatoms. The molecule has 0 heterocycles. The molecular formula is C9H12O. The Morgan fingerprint density at radius 1 is 1.70 bits per heavy atom. The van der Waals surface area contributed by atoms with Crippen molar-refractivity contribution in [2.45, 2.75) is 26.2 Å². The lowest BCUT2D eigenvalue weighted by molar-refractivity contribution is -0.114. The third kappa shape index (κ3) is 5.11. The maximum Gasteiger partial charge on any atom is 0.163 e. The van der Waals surface area contributed by atoms with E-state index in [-0.39, 0.29) is 5.78 Å². The number of hydrogen-bond donors (Lipinski definition) is 0. The highest BCUT2D eigenvalue weighted by Gasteiger charge is 1.92. The van der Waals surface area contributed by atoms with Crippen molar-refractivity contribution in [3.05, 3.63) is 24.1 Å². The van der Waals surface area contributed by atoms with Crippen LogP contribution in [0.1, 0.15) is 26.2 Å². The molecule has 0 atom stereocenters. The van der Waals surface area contributed by atoms with Gasteiger partial charge in [0.1, 0.15) is 0 Å². The van der Waals surface area contributed by atoms with Crippen LogP contribution in [-0.4, -0.2) is 5.78 Å². The highest BCUT2D eigenvalue weighted by molar-refractivity contribution is 5.89. The number of rotatable bonds is 4. The first kappa shape index (κ1) is 8.97. The molecule has 0 spiro atoms. The molecule has 0 saturated heterocycles. The zero-order chi connectivity index (χ0) is 7.82. The maximum atomic E-state index is 10.8. The maximum absolute atomic E-state index is 10.8. The van der Waals surface area contributed by atoms with Gasteiger partial charge < -0.3 is 0 Å². The van der Waals surface area contributed by atoms with Gasteiger partial charge in [0, 0.05) is 12.5 Å². The van der Waals surface area contributed by atoms with E-state index in [9.17, 15) is 4.79 Å². The quantitative estimate of drug-likeness (QED) is 0.428. The molecule has 0 N–H and O–H groups in total. The fourth-order valence-electron chi connectivity index (χ4n) is 0.555. The number of unbranched alkanes of at least 4 members (excludes halogenated alkanes) is 1. The Morgan fingerprint density at radius 2 is 2.40 bits per heavy atom. The number of ketones is 1. The number of hydrogen-bond acceptors (Lipinski definition) is 1. The molecule has 0 fully saturated rings. The van der Waals surface area contributed by atoms with Gasteiger partial charge in [0.2, 0.25) is 0 Å². The van der Waals surface area contributed by atoms with Crippen LogP contribution in [0.15, 0.2) is 24.1 Å². The summed E-state index contributed by atoms with van der Waals surface area (Å²) in [5.74, 6) is 0.109. The highest BCUT2D eigenvalue weighted by atomic mass is 16.1. The van der Waals surface area contributed by atoms with Crippen molar-refractivity contribution in [2.75, 3.05) is 0 Å². The molecule has 0 amide bonds. The normalized spacial score (nSPS) is 7.70. The minimum absolute atomic E-state index is 0.109. The highest BCUT2D eigenvalue weighted by Crippen LogP contribution is 1.94. The van der Waals surface area contributed by atoms with Crippen LogP contribution in [-0.2, 0) is 4.79 Å². The Balaban J connectivity index is 3.64. The fraction of sp³-hybridized carbons (Fsp3) is 0.444. The van der Waals surface area contributed by atoms with Gasteiger partial charge >= 0.3 is 0 Å². The van der Waals surface area contributed by atoms with Crippen molar-refractivity contribution in [1.82, 2.24) is 0 Å². The number of allylic oxidation sites excluding steroid dienone is 1. The van der Waals surface area contributed by atoms with Crippen LogP contribution in [0.3, 0.4) is 0 Å². The predicted molar refractivity (Wildman–Crippen MR) is 41.8 cm³/mol. The first-order chi connectivity index (χ1) is 4.81. The van der Waals surface area contributed by atoms with Crippen molar-refractivity contribution in [1.29, 1.82) is 0 Å². The summed E-state index contributed by atoms with van der Waals surface area (Å²) in [5.41, 5.74) is 4.92. The van der Waals surface area contributed by atoms with Crippen LogP contribution in [0.2, 0.25) is 0 Å². The molecule has 0 radical (unpaired) electrons. The van der Waals surface area contributed by atoms with Crippen molar-refractivity contribution in [2.24, 2.45) is 0 Å². The molecule has 0 rings (SSSR count). The number of carbonyl (C=O) groups excluding carboxylic acids is 1. The topological polar surface area (TPSA) is 17.1 Å². The molecule has 0 aliphatic heterocycles. The van der Waals surface area contributed by atoms with E-state index in [1.165, 1.54) is 6.08 Å². The largest absolute Gasteiger partial charge is 0.294 e. The van der Waals surface area contributed by atoms with Crippen LogP contribution in [0.4, 0.5) is 0 Å². The Hall–Kier alpha value is -1.03. The molecule has 54 valence electrons. The van der Waals surface area contributed by atoms with Crippen LogP contribution in [0, 0.1) is 0 Å². The Bertz CT molecular complexity index is 179. The molecule has 1 nitrogen and oxygen atoms in total. The van der Waals surface area contributed by atoms with Crippen molar-refractivity contribution in [3.8, 4) is 0 Å². The zero-order valence-corrected chi connectivity index (χ0v) is 6.31. The van der Waals surface area contributed by atoms with E-state index >= 15 is 0 Å². The lowest BCUT2D eigenvalue weighted by Gasteiger charge is -1.87. The van der Waals surface area contributed by atoms with Crippen LogP contribution >= 0.6 is 0 Å². The lowest BCUT2D eigenvalue weighted by Crippen LogP contribution is -1.89. The molecule has 0 aliphatic rings. The zero-order valence-electron chi connectivity index (χ0n) is 6.31. The van der Waals surface area contributed by atoms with Crippen molar-refractivity contribution in [3.63, 3.8) is 0 Å². The van der Waals surface area contributed by atoms with Gasteiger partial charge in [-0.1, -0.05) is 24.8 Å². The third-order valence-electron chi connectivity index (χ3n) is 1.11. The smallest absolute Gasteiger partial charge is 0.163 e. The van der Waals surface area contributed by atoms with Crippen LogP contribution in [0.25, 0.3) is 0 Å².